The van der Waals surface area contributed by atoms with Crippen LogP contribution >= 0.6 is 0 Å². The Balaban J connectivity index is 1.74. The molecule has 2 saturated carbocycles. The second kappa shape index (κ2) is 3.65. The van der Waals surface area contributed by atoms with Crippen molar-refractivity contribution in [1.82, 2.24) is 0 Å². The number of benzene rings is 1. The van der Waals surface area contributed by atoms with Gasteiger partial charge in [-0.05, 0) is 49.7 Å². The quantitative estimate of drug-likeness (QED) is 0.779. The van der Waals surface area contributed by atoms with E-state index in [2.05, 4.69) is 0 Å². The second-order valence-electron chi connectivity index (χ2n) is 5.02. The van der Waals surface area contributed by atoms with Gasteiger partial charge in [0.2, 0.25) is 0 Å². The van der Waals surface area contributed by atoms with Crippen LogP contribution < -0.4 is 10.5 Å². The Kier molecular flexibility index (Phi) is 2.27. The van der Waals surface area contributed by atoms with E-state index in [1.54, 1.807) is 12.1 Å². The lowest BCUT2D eigenvalue weighted by atomic mass is 9.98. The van der Waals surface area contributed by atoms with E-state index in [9.17, 15) is 4.39 Å². The van der Waals surface area contributed by atoms with Crippen molar-refractivity contribution in [3.8, 4) is 5.75 Å². The van der Waals surface area contributed by atoms with Crippen molar-refractivity contribution < 1.29 is 9.13 Å². The van der Waals surface area contributed by atoms with Crippen LogP contribution in [0, 0.1) is 17.7 Å². The summed E-state index contributed by atoms with van der Waals surface area (Å²) in [5.74, 6) is 1.46. The molecule has 16 heavy (non-hydrogen) atoms. The van der Waals surface area contributed by atoms with E-state index in [0.717, 1.165) is 12.3 Å². The first-order valence-electron chi connectivity index (χ1n) is 5.94. The molecule has 2 aliphatic carbocycles. The SMILES string of the molecule is Nc1ccc(OC2CC3CCC2C3)c(F)c1. The van der Waals surface area contributed by atoms with Gasteiger partial charge in [-0.3, -0.25) is 0 Å². The largest absolute Gasteiger partial charge is 0.487 e. The van der Waals surface area contributed by atoms with Gasteiger partial charge in [-0.2, -0.15) is 0 Å². The van der Waals surface area contributed by atoms with Gasteiger partial charge < -0.3 is 10.5 Å². The Hall–Kier alpha value is -1.25. The van der Waals surface area contributed by atoms with Crippen molar-refractivity contribution in [2.45, 2.75) is 31.8 Å². The van der Waals surface area contributed by atoms with Crippen LogP contribution in [0.1, 0.15) is 25.7 Å². The summed E-state index contributed by atoms with van der Waals surface area (Å²) in [5, 5.41) is 0. The molecule has 2 N–H and O–H groups in total. The predicted octanol–water partition coefficient (Wildman–Crippen LogP) is 2.98. The highest BCUT2D eigenvalue weighted by Gasteiger charge is 2.41. The average Bonchev–Trinajstić information content (AvgIpc) is 2.84. The zero-order chi connectivity index (χ0) is 11.1. The first-order chi connectivity index (χ1) is 7.72. The molecule has 2 bridgehead atoms. The van der Waals surface area contributed by atoms with Gasteiger partial charge in [0.25, 0.3) is 0 Å². The van der Waals surface area contributed by atoms with Crippen molar-refractivity contribution in [2.75, 3.05) is 5.73 Å². The van der Waals surface area contributed by atoms with Gasteiger partial charge in [0.05, 0.1) is 0 Å². The summed E-state index contributed by atoms with van der Waals surface area (Å²) < 4.78 is 19.3. The Morgan fingerprint density at radius 2 is 2.12 bits per heavy atom. The van der Waals surface area contributed by atoms with E-state index < -0.39 is 0 Å². The number of hydrogen-bond acceptors (Lipinski definition) is 2. The van der Waals surface area contributed by atoms with Crippen molar-refractivity contribution >= 4 is 5.69 Å². The molecule has 2 fully saturated rings. The van der Waals surface area contributed by atoms with E-state index in [0.29, 0.717) is 17.4 Å². The Bertz CT molecular complexity index is 407. The Morgan fingerprint density at radius 1 is 1.25 bits per heavy atom. The maximum atomic E-state index is 13.5. The average molecular weight is 221 g/mol. The molecule has 0 radical (unpaired) electrons. The zero-order valence-corrected chi connectivity index (χ0v) is 9.16. The molecule has 3 rings (SSSR count). The van der Waals surface area contributed by atoms with E-state index in [-0.39, 0.29) is 11.9 Å². The van der Waals surface area contributed by atoms with E-state index in [4.69, 9.17) is 10.5 Å². The fourth-order valence-electron chi connectivity index (χ4n) is 3.11. The lowest BCUT2D eigenvalue weighted by Gasteiger charge is -2.23. The standard InChI is InChI=1S/C13H16FNO/c14-11-7-10(15)3-4-12(11)16-13-6-8-1-2-9(13)5-8/h3-4,7-9,13H,1-2,5-6,15H2. The molecule has 1 aromatic carbocycles. The van der Waals surface area contributed by atoms with Crippen molar-refractivity contribution in [3.63, 3.8) is 0 Å². The van der Waals surface area contributed by atoms with Gasteiger partial charge in [0.1, 0.15) is 6.10 Å². The van der Waals surface area contributed by atoms with E-state index in [1.165, 1.54) is 25.3 Å². The summed E-state index contributed by atoms with van der Waals surface area (Å²) in [4.78, 5) is 0. The molecule has 0 aromatic heterocycles. The molecule has 3 unspecified atom stereocenters. The number of nitrogens with two attached hydrogens (primary N) is 1. The molecule has 2 nitrogen and oxygen atoms in total. The Labute approximate surface area is 94.6 Å². The maximum absolute atomic E-state index is 13.5. The normalized spacial score (nSPS) is 31.9. The van der Waals surface area contributed by atoms with Gasteiger partial charge in [-0.25, -0.2) is 4.39 Å². The summed E-state index contributed by atoms with van der Waals surface area (Å²) in [6, 6.07) is 4.64. The minimum absolute atomic E-state index is 0.219. The predicted molar refractivity (Wildman–Crippen MR) is 60.7 cm³/mol. The summed E-state index contributed by atoms with van der Waals surface area (Å²) in [6.07, 6.45) is 5.15. The molecule has 0 spiro atoms. The van der Waals surface area contributed by atoms with Crippen LogP contribution in [-0.4, -0.2) is 6.10 Å². The smallest absolute Gasteiger partial charge is 0.167 e. The number of hydrogen-bond donors (Lipinski definition) is 1. The zero-order valence-electron chi connectivity index (χ0n) is 9.16. The third-order valence-corrected chi connectivity index (χ3v) is 3.91. The summed E-state index contributed by atoms with van der Waals surface area (Å²) >= 11 is 0. The van der Waals surface area contributed by atoms with Crippen LogP contribution in [0.15, 0.2) is 18.2 Å². The Morgan fingerprint density at radius 3 is 2.75 bits per heavy atom. The van der Waals surface area contributed by atoms with Crippen LogP contribution in [0.4, 0.5) is 10.1 Å². The third kappa shape index (κ3) is 1.64. The molecule has 1 aromatic rings. The molecular weight excluding hydrogens is 205 g/mol. The van der Waals surface area contributed by atoms with Crippen LogP contribution in [0.2, 0.25) is 0 Å². The monoisotopic (exact) mass is 221 g/mol. The van der Waals surface area contributed by atoms with Gasteiger partial charge in [-0.15, -0.1) is 0 Å². The molecule has 0 aliphatic heterocycles. The molecule has 86 valence electrons. The van der Waals surface area contributed by atoms with Crippen LogP contribution in [0.3, 0.4) is 0 Å². The highest BCUT2D eigenvalue weighted by molar-refractivity contribution is 5.42. The van der Waals surface area contributed by atoms with Gasteiger partial charge in [-0.1, -0.05) is 0 Å². The number of rotatable bonds is 2. The molecule has 3 heteroatoms. The first-order valence-corrected chi connectivity index (χ1v) is 5.94. The second-order valence-corrected chi connectivity index (χ2v) is 5.02. The van der Waals surface area contributed by atoms with Gasteiger partial charge >= 0.3 is 0 Å². The van der Waals surface area contributed by atoms with Crippen LogP contribution in [0.5, 0.6) is 5.75 Å². The number of ether oxygens (including phenoxy) is 1. The molecule has 0 heterocycles. The molecular formula is C13H16FNO. The number of fused-ring (bicyclic) bond motifs is 2. The highest BCUT2D eigenvalue weighted by Crippen LogP contribution is 2.46. The van der Waals surface area contributed by atoms with E-state index in [1.807, 2.05) is 0 Å². The highest BCUT2D eigenvalue weighted by atomic mass is 19.1. The third-order valence-electron chi connectivity index (χ3n) is 3.91. The van der Waals surface area contributed by atoms with Crippen LogP contribution in [0.25, 0.3) is 0 Å². The summed E-state index contributed by atoms with van der Waals surface area (Å²) in [6.45, 7) is 0. The number of anilines is 1. The molecule has 0 amide bonds. The fraction of sp³-hybridized carbons (Fsp3) is 0.538. The summed E-state index contributed by atoms with van der Waals surface area (Å²) in [5.41, 5.74) is 5.94. The van der Waals surface area contributed by atoms with Crippen molar-refractivity contribution in [2.24, 2.45) is 11.8 Å². The van der Waals surface area contributed by atoms with Gasteiger partial charge in [0, 0.05) is 11.8 Å². The fourth-order valence-corrected chi connectivity index (χ4v) is 3.11. The maximum Gasteiger partial charge on any atom is 0.167 e. The number of nitrogen functional groups attached to an aromatic ring is 1. The van der Waals surface area contributed by atoms with E-state index >= 15 is 0 Å². The lowest BCUT2D eigenvalue weighted by molar-refractivity contribution is 0.132. The molecule has 3 atom stereocenters. The van der Waals surface area contributed by atoms with Gasteiger partial charge in [0.15, 0.2) is 11.6 Å². The molecule has 0 saturated heterocycles. The molecule has 2 aliphatic rings. The lowest BCUT2D eigenvalue weighted by Crippen LogP contribution is -2.23. The summed E-state index contributed by atoms with van der Waals surface area (Å²) in [7, 11) is 0. The first kappa shape index (κ1) is 9.94. The van der Waals surface area contributed by atoms with Crippen LogP contribution in [-0.2, 0) is 0 Å². The minimum Gasteiger partial charge on any atom is -0.487 e. The number of halogens is 1. The van der Waals surface area contributed by atoms with Crippen molar-refractivity contribution in [1.29, 1.82) is 0 Å². The minimum atomic E-state index is -0.345. The van der Waals surface area contributed by atoms with Crippen molar-refractivity contribution in [3.05, 3.63) is 24.0 Å². The topological polar surface area (TPSA) is 35.2 Å².